The molecular weight excluding hydrogens is 363 g/mol. The summed E-state index contributed by atoms with van der Waals surface area (Å²) >= 11 is 0. The van der Waals surface area contributed by atoms with Crippen LogP contribution in [0.5, 0.6) is 11.6 Å². The Kier molecular flexibility index (Phi) is 4.99. The second kappa shape index (κ2) is 7.00. The number of amides is 2. The molecule has 0 radical (unpaired) electrons. The molecule has 1 saturated heterocycles. The van der Waals surface area contributed by atoms with E-state index >= 15 is 0 Å². The summed E-state index contributed by atoms with van der Waals surface area (Å²) in [4.78, 5) is 27.9. The van der Waals surface area contributed by atoms with Crippen molar-refractivity contribution in [2.24, 2.45) is 5.73 Å². The van der Waals surface area contributed by atoms with Gasteiger partial charge in [-0.05, 0) is 28.9 Å². The number of nitrogens with two attached hydrogens (primary N) is 1. The Morgan fingerprint density at radius 2 is 2.14 bits per heavy atom. The van der Waals surface area contributed by atoms with Gasteiger partial charge in [0.15, 0.2) is 13.4 Å². The van der Waals surface area contributed by atoms with E-state index in [9.17, 15) is 14.0 Å². The SMILES string of the molecule is B[C@]1(CC)[C@@H](COc2nccc3cc(C(N)=O)c(OC)cc23)NC(=O)[C@@]1(B)F. The number of rotatable bonds is 6. The Balaban J connectivity index is 1.93. The number of hydrogen-bond donors (Lipinski definition) is 2. The van der Waals surface area contributed by atoms with Gasteiger partial charge in [0.1, 0.15) is 20.2 Å². The van der Waals surface area contributed by atoms with E-state index in [1.807, 2.05) is 6.92 Å². The van der Waals surface area contributed by atoms with Gasteiger partial charge in [-0.15, -0.1) is 0 Å². The smallest absolute Gasteiger partial charge is 0.252 e. The first-order valence-electron chi connectivity index (χ1n) is 9.05. The second-order valence-electron chi connectivity index (χ2n) is 7.37. The quantitative estimate of drug-likeness (QED) is 0.666. The van der Waals surface area contributed by atoms with Crippen molar-refractivity contribution in [3.63, 3.8) is 0 Å². The number of halogens is 1. The molecule has 0 saturated carbocycles. The third-order valence-electron chi connectivity index (χ3n) is 6.01. The molecule has 1 aliphatic heterocycles. The first kappa shape index (κ1) is 20.0. The summed E-state index contributed by atoms with van der Waals surface area (Å²) in [6, 6.07) is 4.45. The summed E-state index contributed by atoms with van der Waals surface area (Å²) in [5.41, 5.74) is 3.67. The van der Waals surface area contributed by atoms with Crippen molar-refractivity contribution in [1.82, 2.24) is 10.3 Å². The van der Waals surface area contributed by atoms with Crippen LogP contribution >= 0.6 is 0 Å². The second-order valence-corrected chi connectivity index (χ2v) is 7.37. The van der Waals surface area contributed by atoms with Crippen LogP contribution in [0.2, 0.25) is 5.31 Å². The van der Waals surface area contributed by atoms with Crippen LogP contribution in [0, 0.1) is 0 Å². The summed E-state index contributed by atoms with van der Waals surface area (Å²) < 4.78 is 26.1. The van der Waals surface area contributed by atoms with Gasteiger partial charge >= 0.3 is 0 Å². The number of hydrogen-bond acceptors (Lipinski definition) is 5. The van der Waals surface area contributed by atoms with Gasteiger partial charge in [0.05, 0.1) is 18.7 Å². The van der Waals surface area contributed by atoms with Gasteiger partial charge in [-0.3, -0.25) is 9.59 Å². The molecule has 3 atom stereocenters. The largest absolute Gasteiger partial charge is 0.496 e. The molecule has 1 aromatic heterocycles. The van der Waals surface area contributed by atoms with Crippen molar-refractivity contribution in [2.75, 3.05) is 13.7 Å². The topological polar surface area (TPSA) is 104 Å². The summed E-state index contributed by atoms with van der Waals surface area (Å²) in [5.74, 6) is -0.634. The van der Waals surface area contributed by atoms with E-state index in [4.69, 9.17) is 15.2 Å². The zero-order valence-electron chi connectivity index (χ0n) is 16.3. The third-order valence-corrected chi connectivity index (χ3v) is 6.01. The minimum absolute atomic E-state index is 0.0571. The summed E-state index contributed by atoms with van der Waals surface area (Å²) in [7, 11) is 4.48. The molecule has 0 unspecified atom stereocenters. The molecule has 1 fully saturated rings. The molecule has 2 amide bonds. The fraction of sp³-hybridized carbons (Fsp3) is 0.389. The van der Waals surface area contributed by atoms with Crippen LogP contribution < -0.4 is 20.5 Å². The average Bonchev–Trinajstić information content (AvgIpc) is 2.85. The molecule has 3 rings (SSSR count). The monoisotopic (exact) mass is 385 g/mol. The average molecular weight is 385 g/mol. The fourth-order valence-corrected chi connectivity index (χ4v) is 3.66. The third kappa shape index (κ3) is 2.96. The fourth-order valence-electron chi connectivity index (χ4n) is 3.66. The van der Waals surface area contributed by atoms with Crippen LogP contribution in [-0.4, -0.2) is 57.8 Å². The van der Waals surface area contributed by atoms with Crippen LogP contribution in [0.25, 0.3) is 10.8 Å². The van der Waals surface area contributed by atoms with E-state index in [2.05, 4.69) is 10.3 Å². The zero-order chi connectivity index (χ0) is 20.7. The van der Waals surface area contributed by atoms with Gasteiger partial charge in [0.25, 0.3) is 5.91 Å². The number of primary amides is 1. The van der Waals surface area contributed by atoms with E-state index < -0.39 is 28.7 Å². The standard InChI is InChI=1S/C18H22B2FN3O4/c1-3-17(19)13(24-16(26)18(17,20)21)8-28-15-10-7-12(27-2)11(14(22)25)6-9(10)4-5-23-15/h4-7,13H,3,8,19-20H2,1-2H3,(H2,22,25)(H,24,26)/t13-,17-,18-/m1/s1. The Hall–Kier alpha value is -2.77. The van der Waals surface area contributed by atoms with Gasteiger partial charge in [-0.1, -0.05) is 13.3 Å². The number of aromatic nitrogens is 1. The predicted octanol–water partition coefficient (Wildman–Crippen LogP) is -0.280. The first-order valence-corrected chi connectivity index (χ1v) is 9.05. The Morgan fingerprint density at radius 3 is 2.75 bits per heavy atom. The number of pyridine rings is 1. The van der Waals surface area contributed by atoms with Gasteiger partial charge in [-0.25, -0.2) is 9.37 Å². The molecule has 2 aromatic rings. The van der Waals surface area contributed by atoms with Crippen LogP contribution in [0.15, 0.2) is 24.4 Å². The van der Waals surface area contributed by atoms with E-state index in [0.29, 0.717) is 28.8 Å². The summed E-state index contributed by atoms with van der Waals surface area (Å²) in [6.45, 7) is 1.90. The molecule has 1 aromatic carbocycles. The lowest BCUT2D eigenvalue weighted by atomic mass is 9.49. The normalized spacial score (nSPS) is 26.8. The summed E-state index contributed by atoms with van der Waals surface area (Å²) in [6.07, 6.45) is 2.01. The molecule has 2 heterocycles. The van der Waals surface area contributed by atoms with Crippen molar-refractivity contribution in [1.29, 1.82) is 0 Å². The highest BCUT2D eigenvalue weighted by Crippen LogP contribution is 2.48. The predicted molar refractivity (Wildman–Crippen MR) is 108 cm³/mol. The maximum Gasteiger partial charge on any atom is 0.252 e. The van der Waals surface area contributed by atoms with E-state index in [-0.39, 0.29) is 12.2 Å². The van der Waals surface area contributed by atoms with Gasteiger partial charge in [-0.2, -0.15) is 0 Å². The molecule has 0 bridgehead atoms. The minimum atomic E-state index is -1.98. The molecule has 28 heavy (non-hydrogen) atoms. The van der Waals surface area contributed by atoms with Crippen molar-refractivity contribution < 1.29 is 23.5 Å². The van der Waals surface area contributed by atoms with E-state index in [0.717, 1.165) is 0 Å². The summed E-state index contributed by atoms with van der Waals surface area (Å²) in [5, 5.41) is 3.10. The lowest BCUT2D eigenvalue weighted by molar-refractivity contribution is -0.125. The van der Waals surface area contributed by atoms with Crippen LogP contribution in [-0.2, 0) is 4.79 Å². The van der Waals surface area contributed by atoms with Gasteiger partial charge < -0.3 is 20.5 Å². The van der Waals surface area contributed by atoms with Gasteiger partial charge in [0.2, 0.25) is 11.8 Å². The van der Waals surface area contributed by atoms with Gasteiger partial charge in [0, 0.05) is 11.6 Å². The van der Waals surface area contributed by atoms with E-state index in [1.54, 1.807) is 32.2 Å². The molecule has 3 N–H and O–H groups in total. The molecule has 0 spiro atoms. The Morgan fingerprint density at radius 1 is 1.43 bits per heavy atom. The number of nitrogens with one attached hydrogen (secondary N) is 1. The molecule has 1 aliphatic rings. The number of carbonyl (C=O) groups is 2. The minimum Gasteiger partial charge on any atom is -0.496 e. The number of nitrogens with zero attached hydrogens (tertiary/aromatic N) is 1. The zero-order valence-corrected chi connectivity index (χ0v) is 16.3. The number of benzene rings is 1. The van der Waals surface area contributed by atoms with Crippen molar-refractivity contribution >= 4 is 38.3 Å². The van der Waals surface area contributed by atoms with Crippen LogP contribution in [0.4, 0.5) is 4.39 Å². The molecule has 0 aliphatic carbocycles. The number of alkyl halides is 1. The number of carbonyl (C=O) groups excluding carboxylic acids is 2. The number of ether oxygens (including phenoxy) is 2. The Labute approximate surface area is 164 Å². The van der Waals surface area contributed by atoms with Crippen LogP contribution in [0.1, 0.15) is 23.7 Å². The maximum atomic E-state index is 15.0. The highest BCUT2D eigenvalue weighted by Gasteiger charge is 2.59. The van der Waals surface area contributed by atoms with Crippen molar-refractivity contribution in [3.8, 4) is 11.6 Å². The van der Waals surface area contributed by atoms with Crippen molar-refractivity contribution in [2.45, 2.75) is 30.3 Å². The molecule has 10 heteroatoms. The lowest BCUT2D eigenvalue weighted by Crippen LogP contribution is -2.45. The molecule has 7 nitrogen and oxygen atoms in total. The lowest BCUT2D eigenvalue weighted by Gasteiger charge is -2.35. The van der Waals surface area contributed by atoms with Crippen LogP contribution in [0.3, 0.4) is 0 Å². The molecular formula is C18H22B2FN3O4. The highest BCUT2D eigenvalue weighted by atomic mass is 19.1. The van der Waals surface area contributed by atoms with E-state index in [1.165, 1.54) is 15.0 Å². The first-order chi connectivity index (χ1) is 13.2. The highest BCUT2D eigenvalue weighted by molar-refractivity contribution is 6.37. The number of fused-ring (bicyclic) bond motifs is 1. The maximum absolute atomic E-state index is 15.0. The Bertz CT molecular complexity index is 956. The van der Waals surface area contributed by atoms with Crippen molar-refractivity contribution in [3.05, 3.63) is 30.0 Å². The number of methoxy groups -OCH3 is 1. The molecule has 146 valence electrons.